The van der Waals surface area contributed by atoms with E-state index in [4.69, 9.17) is 4.74 Å². The quantitative estimate of drug-likeness (QED) is 0.564. The average molecular weight is 273 g/mol. The molecule has 20 heavy (non-hydrogen) atoms. The first-order valence-electron chi connectivity index (χ1n) is 6.84. The molecular formula is C16H19NO3. The number of nitrogens with zero attached hydrogens (tertiary/aromatic N) is 1. The van der Waals surface area contributed by atoms with Crippen LogP contribution in [0.1, 0.15) is 24.8 Å². The minimum atomic E-state index is -0.253. The molecule has 0 bridgehead atoms. The Morgan fingerprint density at radius 3 is 2.35 bits per heavy atom. The zero-order chi connectivity index (χ0) is 14.4. The van der Waals surface area contributed by atoms with Crippen molar-refractivity contribution < 1.29 is 14.3 Å². The third-order valence-corrected chi connectivity index (χ3v) is 3.42. The first kappa shape index (κ1) is 14.5. The number of ether oxygens (including phenoxy) is 1. The highest BCUT2D eigenvalue weighted by molar-refractivity contribution is 6.12. The van der Waals surface area contributed by atoms with Crippen LogP contribution < -0.4 is 0 Å². The van der Waals surface area contributed by atoms with Gasteiger partial charge in [0.05, 0.1) is 13.2 Å². The van der Waals surface area contributed by atoms with Crippen molar-refractivity contribution in [1.29, 1.82) is 0 Å². The van der Waals surface area contributed by atoms with Crippen molar-refractivity contribution in [3.8, 4) is 0 Å². The molecule has 1 aliphatic heterocycles. The average Bonchev–Trinajstić information content (AvgIpc) is 2.79. The van der Waals surface area contributed by atoms with Crippen molar-refractivity contribution in [3.63, 3.8) is 0 Å². The Kier molecular flexibility index (Phi) is 5.07. The Morgan fingerprint density at radius 1 is 1.05 bits per heavy atom. The maximum Gasteiger partial charge on any atom is 0.253 e. The molecule has 1 heterocycles. The van der Waals surface area contributed by atoms with Gasteiger partial charge in [-0.3, -0.25) is 14.5 Å². The van der Waals surface area contributed by atoms with Gasteiger partial charge in [-0.2, -0.15) is 0 Å². The second-order valence-corrected chi connectivity index (χ2v) is 4.87. The normalized spacial score (nSPS) is 15.9. The van der Waals surface area contributed by atoms with Crippen LogP contribution in [-0.4, -0.2) is 36.5 Å². The van der Waals surface area contributed by atoms with Crippen LogP contribution in [0.25, 0.3) is 0 Å². The lowest BCUT2D eigenvalue weighted by molar-refractivity contribution is -0.137. The molecule has 0 fully saturated rings. The van der Waals surface area contributed by atoms with E-state index in [9.17, 15) is 9.59 Å². The van der Waals surface area contributed by atoms with E-state index in [1.807, 2.05) is 18.2 Å². The lowest BCUT2D eigenvalue weighted by Gasteiger charge is -2.15. The summed E-state index contributed by atoms with van der Waals surface area (Å²) in [6.45, 7) is 3.50. The van der Waals surface area contributed by atoms with Gasteiger partial charge in [0.1, 0.15) is 0 Å². The molecule has 0 N–H and O–H groups in total. The number of imide groups is 1. The van der Waals surface area contributed by atoms with Gasteiger partial charge < -0.3 is 4.74 Å². The van der Waals surface area contributed by atoms with Gasteiger partial charge in [-0.05, 0) is 17.9 Å². The van der Waals surface area contributed by atoms with Crippen molar-refractivity contribution in [2.75, 3.05) is 19.8 Å². The van der Waals surface area contributed by atoms with Crippen LogP contribution in [0.2, 0.25) is 0 Å². The summed E-state index contributed by atoms with van der Waals surface area (Å²) in [6, 6.07) is 10.3. The summed E-state index contributed by atoms with van der Waals surface area (Å²) in [6.07, 6.45) is 3.50. The minimum absolute atomic E-state index is 0.253. The number of benzene rings is 1. The molecule has 0 radical (unpaired) electrons. The Morgan fingerprint density at radius 2 is 1.70 bits per heavy atom. The molecule has 1 aromatic carbocycles. The molecule has 4 heteroatoms. The number of amides is 2. The molecule has 4 nitrogen and oxygen atoms in total. The van der Waals surface area contributed by atoms with E-state index in [-0.39, 0.29) is 11.8 Å². The van der Waals surface area contributed by atoms with Crippen LogP contribution in [0.4, 0.5) is 0 Å². The zero-order valence-corrected chi connectivity index (χ0v) is 11.6. The summed E-state index contributed by atoms with van der Waals surface area (Å²) < 4.78 is 5.51. The van der Waals surface area contributed by atoms with Gasteiger partial charge in [0.15, 0.2) is 0 Å². The molecule has 0 saturated heterocycles. The van der Waals surface area contributed by atoms with Crippen LogP contribution >= 0.6 is 0 Å². The molecule has 1 aromatic rings. The molecule has 0 saturated carbocycles. The molecular weight excluding hydrogens is 254 g/mol. The Hall–Kier alpha value is -1.94. The van der Waals surface area contributed by atoms with E-state index < -0.39 is 0 Å². The van der Waals surface area contributed by atoms with Gasteiger partial charge in [-0.25, -0.2) is 0 Å². The SMILES string of the molecule is CC(CCOCCN1C(=O)C=CC1=O)c1ccccc1. The molecule has 0 aliphatic carbocycles. The highest BCUT2D eigenvalue weighted by Crippen LogP contribution is 2.18. The molecule has 2 amide bonds. The Bertz CT molecular complexity index is 478. The van der Waals surface area contributed by atoms with Crippen LogP contribution in [-0.2, 0) is 14.3 Å². The predicted octanol–water partition coefficient (Wildman–Crippen LogP) is 2.12. The van der Waals surface area contributed by atoms with E-state index in [2.05, 4.69) is 19.1 Å². The molecule has 106 valence electrons. The lowest BCUT2D eigenvalue weighted by atomic mass is 9.98. The Balaban J connectivity index is 1.62. The van der Waals surface area contributed by atoms with Gasteiger partial charge in [-0.1, -0.05) is 37.3 Å². The van der Waals surface area contributed by atoms with Crippen molar-refractivity contribution in [2.45, 2.75) is 19.3 Å². The van der Waals surface area contributed by atoms with Gasteiger partial charge in [0.2, 0.25) is 0 Å². The number of rotatable bonds is 7. The van der Waals surface area contributed by atoms with Gasteiger partial charge in [-0.15, -0.1) is 0 Å². The van der Waals surface area contributed by atoms with Crippen molar-refractivity contribution in [3.05, 3.63) is 48.0 Å². The molecule has 1 aliphatic rings. The van der Waals surface area contributed by atoms with E-state index in [0.29, 0.717) is 25.7 Å². The van der Waals surface area contributed by atoms with E-state index >= 15 is 0 Å². The monoisotopic (exact) mass is 273 g/mol. The summed E-state index contributed by atoms with van der Waals surface area (Å²) in [4.78, 5) is 23.8. The zero-order valence-electron chi connectivity index (χ0n) is 11.6. The number of carbonyl (C=O) groups is 2. The Labute approximate surface area is 119 Å². The van der Waals surface area contributed by atoms with Gasteiger partial charge in [0, 0.05) is 18.8 Å². The second kappa shape index (κ2) is 7.01. The van der Waals surface area contributed by atoms with E-state index in [1.54, 1.807) is 0 Å². The summed E-state index contributed by atoms with van der Waals surface area (Å²) in [5.74, 6) is -0.0691. The largest absolute Gasteiger partial charge is 0.380 e. The molecule has 1 unspecified atom stereocenters. The van der Waals surface area contributed by atoms with E-state index in [1.165, 1.54) is 22.6 Å². The maximum absolute atomic E-state index is 11.3. The lowest BCUT2D eigenvalue weighted by Crippen LogP contribution is -2.33. The van der Waals surface area contributed by atoms with Crippen molar-refractivity contribution >= 4 is 11.8 Å². The number of hydrogen-bond acceptors (Lipinski definition) is 3. The highest BCUT2D eigenvalue weighted by atomic mass is 16.5. The summed E-state index contributed by atoms with van der Waals surface area (Å²) in [5, 5.41) is 0. The smallest absolute Gasteiger partial charge is 0.253 e. The highest BCUT2D eigenvalue weighted by Gasteiger charge is 2.22. The van der Waals surface area contributed by atoms with Gasteiger partial charge in [0.25, 0.3) is 11.8 Å². The summed E-state index contributed by atoms with van der Waals surface area (Å²) in [7, 11) is 0. The summed E-state index contributed by atoms with van der Waals surface area (Å²) in [5.41, 5.74) is 1.30. The molecule has 0 aromatic heterocycles. The second-order valence-electron chi connectivity index (χ2n) is 4.87. The predicted molar refractivity (Wildman–Crippen MR) is 76.2 cm³/mol. The van der Waals surface area contributed by atoms with Crippen LogP contribution in [0.5, 0.6) is 0 Å². The fraction of sp³-hybridized carbons (Fsp3) is 0.375. The first-order valence-corrected chi connectivity index (χ1v) is 6.84. The number of carbonyl (C=O) groups excluding carboxylic acids is 2. The first-order chi connectivity index (χ1) is 9.68. The third-order valence-electron chi connectivity index (χ3n) is 3.42. The van der Waals surface area contributed by atoms with Crippen molar-refractivity contribution in [1.82, 2.24) is 4.90 Å². The third kappa shape index (κ3) is 3.78. The fourth-order valence-electron chi connectivity index (χ4n) is 2.12. The fourth-order valence-corrected chi connectivity index (χ4v) is 2.12. The van der Waals surface area contributed by atoms with Gasteiger partial charge >= 0.3 is 0 Å². The van der Waals surface area contributed by atoms with Crippen LogP contribution in [0.3, 0.4) is 0 Å². The minimum Gasteiger partial charge on any atom is -0.380 e. The number of hydrogen-bond donors (Lipinski definition) is 0. The summed E-state index contributed by atoms with van der Waals surface area (Å²) >= 11 is 0. The van der Waals surface area contributed by atoms with Crippen molar-refractivity contribution in [2.24, 2.45) is 0 Å². The topological polar surface area (TPSA) is 46.6 Å². The van der Waals surface area contributed by atoms with E-state index in [0.717, 1.165) is 6.42 Å². The standard InChI is InChI=1S/C16H19NO3/c1-13(14-5-3-2-4-6-14)9-11-20-12-10-17-15(18)7-8-16(17)19/h2-8,13H,9-12H2,1H3. The molecule has 2 rings (SSSR count). The van der Waals surface area contributed by atoms with Crippen LogP contribution in [0, 0.1) is 0 Å². The molecule has 0 spiro atoms. The maximum atomic E-state index is 11.3. The molecule has 1 atom stereocenters. The van der Waals surface area contributed by atoms with Crippen LogP contribution in [0.15, 0.2) is 42.5 Å².